The van der Waals surface area contributed by atoms with E-state index >= 15 is 0 Å². The lowest BCUT2D eigenvalue weighted by Gasteiger charge is -2.18. The van der Waals surface area contributed by atoms with Gasteiger partial charge in [0.15, 0.2) is 17.3 Å². The van der Waals surface area contributed by atoms with Gasteiger partial charge in [0.2, 0.25) is 5.91 Å². The number of ketones is 1. The van der Waals surface area contributed by atoms with E-state index in [4.69, 9.17) is 9.47 Å². The number of ether oxygens (including phenoxy) is 2. The van der Waals surface area contributed by atoms with Crippen LogP contribution in [0.15, 0.2) is 48.5 Å². The third-order valence-corrected chi connectivity index (χ3v) is 4.51. The lowest BCUT2D eigenvalue weighted by molar-refractivity contribution is -0.117. The van der Waals surface area contributed by atoms with Gasteiger partial charge in [-0.3, -0.25) is 9.59 Å². The average Bonchev–Trinajstić information content (AvgIpc) is 3.12. The Morgan fingerprint density at radius 1 is 1.04 bits per heavy atom. The third-order valence-electron chi connectivity index (χ3n) is 4.51. The van der Waals surface area contributed by atoms with Gasteiger partial charge in [-0.15, -0.1) is 0 Å². The van der Waals surface area contributed by atoms with Gasteiger partial charge in [0.25, 0.3) is 0 Å². The Morgan fingerprint density at radius 2 is 1.88 bits per heavy atom. The molecule has 5 heteroatoms. The highest BCUT2D eigenvalue weighted by atomic mass is 16.6. The summed E-state index contributed by atoms with van der Waals surface area (Å²) < 4.78 is 11.1. The fourth-order valence-corrected chi connectivity index (χ4v) is 3.18. The van der Waals surface area contributed by atoms with Gasteiger partial charge in [-0.1, -0.05) is 24.3 Å². The Morgan fingerprint density at radius 3 is 2.69 bits per heavy atom. The summed E-state index contributed by atoms with van der Waals surface area (Å²) in [5.74, 6) is 1.43. The molecule has 2 heterocycles. The standard InChI is InChI=1S/C21H19NO4/c23-18(8-6-15-7-9-19-20(13-15)26-12-11-25-19)16-3-1-4-17(14-16)22-10-2-5-21(22)24/h1,3-4,6-9,13-14H,2,5,10-12H2/b8-6+. The number of anilines is 1. The minimum Gasteiger partial charge on any atom is -0.486 e. The molecule has 132 valence electrons. The van der Waals surface area contributed by atoms with Crippen LogP contribution in [-0.2, 0) is 4.79 Å². The molecule has 1 fully saturated rings. The Kier molecular flexibility index (Phi) is 4.44. The first-order valence-corrected chi connectivity index (χ1v) is 8.73. The first kappa shape index (κ1) is 16.4. The maximum atomic E-state index is 12.5. The van der Waals surface area contributed by atoms with Crippen molar-refractivity contribution >= 4 is 23.5 Å². The van der Waals surface area contributed by atoms with Crippen LogP contribution < -0.4 is 14.4 Å². The van der Waals surface area contributed by atoms with Crippen LogP contribution in [0.5, 0.6) is 11.5 Å². The molecule has 0 unspecified atom stereocenters. The second-order valence-electron chi connectivity index (χ2n) is 6.30. The van der Waals surface area contributed by atoms with Crippen molar-refractivity contribution in [3.8, 4) is 11.5 Å². The van der Waals surface area contributed by atoms with Gasteiger partial charge in [-0.05, 0) is 42.3 Å². The molecular weight excluding hydrogens is 330 g/mol. The van der Waals surface area contributed by atoms with Crippen molar-refractivity contribution in [2.75, 3.05) is 24.7 Å². The Hall–Kier alpha value is -3.08. The first-order chi connectivity index (χ1) is 12.7. The predicted molar refractivity (Wildman–Crippen MR) is 98.8 cm³/mol. The van der Waals surface area contributed by atoms with E-state index < -0.39 is 0 Å². The van der Waals surface area contributed by atoms with Crippen LogP contribution in [0.1, 0.15) is 28.8 Å². The molecule has 2 aliphatic rings. The zero-order valence-corrected chi connectivity index (χ0v) is 14.3. The van der Waals surface area contributed by atoms with E-state index in [0.29, 0.717) is 37.5 Å². The smallest absolute Gasteiger partial charge is 0.227 e. The Balaban J connectivity index is 1.51. The number of rotatable bonds is 4. The minimum absolute atomic E-state index is 0.103. The fraction of sp³-hybridized carbons (Fsp3) is 0.238. The molecule has 0 bridgehead atoms. The number of hydrogen-bond acceptors (Lipinski definition) is 4. The molecule has 0 radical (unpaired) electrons. The highest BCUT2D eigenvalue weighted by Gasteiger charge is 2.22. The van der Waals surface area contributed by atoms with Gasteiger partial charge in [-0.25, -0.2) is 0 Å². The largest absolute Gasteiger partial charge is 0.486 e. The van der Waals surface area contributed by atoms with E-state index in [1.165, 1.54) is 6.08 Å². The van der Waals surface area contributed by atoms with Crippen molar-refractivity contribution in [2.24, 2.45) is 0 Å². The molecule has 0 saturated carbocycles. The van der Waals surface area contributed by atoms with Crippen molar-refractivity contribution in [1.29, 1.82) is 0 Å². The van der Waals surface area contributed by atoms with Gasteiger partial charge in [0.05, 0.1) is 0 Å². The van der Waals surface area contributed by atoms with Gasteiger partial charge >= 0.3 is 0 Å². The van der Waals surface area contributed by atoms with Crippen LogP contribution >= 0.6 is 0 Å². The van der Waals surface area contributed by atoms with Crippen LogP contribution in [-0.4, -0.2) is 31.4 Å². The van der Waals surface area contributed by atoms with E-state index in [0.717, 1.165) is 23.4 Å². The number of amides is 1. The molecule has 0 aliphatic carbocycles. The minimum atomic E-state index is -0.103. The molecule has 26 heavy (non-hydrogen) atoms. The number of carbonyl (C=O) groups is 2. The molecule has 0 spiro atoms. The average molecular weight is 349 g/mol. The lowest BCUT2D eigenvalue weighted by Crippen LogP contribution is -2.23. The second-order valence-corrected chi connectivity index (χ2v) is 6.30. The Labute approximate surface area is 151 Å². The summed E-state index contributed by atoms with van der Waals surface area (Å²) in [5, 5.41) is 0. The summed E-state index contributed by atoms with van der Waals surface area (Å²) in [6, 6.07) is 12.8. The van der Waals surface area contributed by atoms with E-state index in [9.17, 15) is 9.59 Å². The van der Waals surface area contributed by atoms with Gasteiger partial charge < -0.3 is 14.4 Å². The molecule has 0 N–H and O–H groups in total. The first-order valence-electron chi connectivity index (χ1n) is 8.73. The number of benzene rings is 2. The predicted octanol–water partition coefficient (Wildman–Crippen LogP) is 3.48. The summed E-state index contributed by atoms with van der Waals surface area (Å²) in [4.78, 5) is 26.1. The van der Waals surface area contributed by atoms with Crippen LogP contribution in [0.25, 0.3) is 6.08 Å². The SMILES string of the molecule is O=C(/C=C/c1ccc2c(c1)OCCO2)c1cccc(N2CCCC2=O)c1. The van der Waals surface area contributed by atoms with Crippen molar-refractivity contribution in [3.63, 3.8) is 0 Å². The number of nitrogens with zero attached hydrogens (tertiary/aromatic N) is 1. The summed E-state index contributed by atoms with van der Waals surface area (Å²) >= 11 is 0. The molecule has 2 aliphatic heterocycles. The van der Waals surface area contributed by atoms with Crippen molar-refractivity contribution in [2.45, 2.75) is 12.8 Å². The van der Waals surface area contributed by atoms with E-state index in [2.05, 4.69) is 0 Å². The third kappa shape index (κ3) is 3.33. The molecule has 2 aromatic carbocycles. The molecule has 1 amide bonds. The quantitative estimate of drug-likeness (QED) is 0.626. The van der Waals surface area contributed by atoms with Crippen LogP contribution in [0.3, 0.4) is 0 Å². The van der Waals surface area contributed by atoms with Crippen LogP contribution in [0, 0.1) is 0 Å². The van der Waals surface area contributed by atoms with Gasteiger partial charge in [0.1, 0.15) is 13.2 Å². The number of carbonyl (C=O) groups excluding carboxylic acids is 2. The van der Waals surface area contributed by atoms with Crippen LogP contribution in [0.4, 0.5) is 5.69 Å². The summed E-state index contributed by atoms with van der Waals surface area (Å²) in [6.07, 6.45) is 4.73. The number of fused-ring (bicyclic) bond motifs is 1. The van der Waals surface area contributed by atoms with E-state index in [1.54, 1.807) is 23.1 Å². The molecule has 2 aromatic rings. The zero-order valence-electron chi connectivity index (χ0n) is 14.3. The number of allylic oxidation sites excluding steroid dienone is 1. The maximum absolute atomic E-state index is 12.5. The molecule has 0 aromatic heterocycles. The maximum Gasteiger partial charge on any atom is 0.227 e. The van der Waals surface area contributed by atoms with Gasteiger partial charge in [-0.2, -0.15) is 0 Å². The van der Waals surface area contributed by atoms with Crippen molar-refractivity contribution in [1.82, 2.24) is 0 Å². The molecule has 5 nitrogen and oxygen atoms in total. The molecular formula is C21H19NO4. The van der Waals surface area contributed by atoms with Crippen molar-refractivity contribution < 1.29 is 19.1 Å². The van der Waals surface area contributed by atoms with E-state index in [-0.39, 0.29) is 11.7 Å². The molecule has 1 saturated heterocycles. The highest BCUT2D eigenvalue weighted by molar-refractivity contribution is 6.08. The second kappa shape index (κ2) is 7.04. The highest BCUT2D eigenvalue weighted by Crippen LogP contribution is 2.31. The van der Waals surface area contributed by atoms with Crippen LogP contribution in [0.2, 0.25) is 0 Å². The Bertz CT molecular complexity index is 887. The van der Waals surface area contributed by atoms with Crippen molar-refractivity contribution in [3.05, 3.63) is 59.7 Å². The normalized spacial score (nSPS) is 16.3. The summed E-state index contributed by atoms with van der Waals surface area (Å²) in [7, 11) is 0. The van der Waals surface area contributed by atoms with E-state index in [1.807, 2.05) is 30.3 Å². The van der Waals surface area contributed by atoms with Gasteiger partial charge in [0, 0.05) is 24.2 Å². The topological polar surface area (TPSA) is 55.8 Å². The number of hydrogen-bond donors (Lipinski definition) is 0. The lowest BCUT2D eigenvalue weighted by atomic mass is 10.1. The molecule has 0 atom stereocenters. The fourth-order valence-electron chi connectivity index (χ4n) is 3.18. The summed E-state index contributed by atoms with van der Waals surface area (Å²) in [6.45, 7) is 1.79. The monoisotopic (exact) mass is 349 g/mol. The molecule has 4 rings (SSSR count). The summed E-state index contributed by atoms with van der Waals surface area (Å²) in [5.41, 5.74) is 2.22. The zero-order chi connectivity index (χ0) is 17.9.